The van der Waals surface area contributed by atoms with Crippen molar-refractivity contribution in [2.45, 2.75) is 37.6 Å². The van der Waals surface area contributed by atoms with E-state index in [4.69, 9.17) is 14.6 Å². The Labute approximate surface area is 242 Å². The molecule has 12 heteroatoms. The monoisotopic (exact) mass is 602 g/mol. The number of anilines is 1. The van der Waals surface area contributed by atoms with Crippen LogP contribution in [-0.2, 0) is 21.2 Å². The van der Waals surface area contributed by atoms with Crippen LogP contribution in [0.3, 0.4) is 0 Å². The quantitative estimate of drug-likeness (QED) is 0.181. The number of allylic oxidation sites excluding steroid dienone is 1. The van der Waals surface area contributed by atoms with Gasteiger partial charge in [-0.05, 0) is 73.2 Å². The number of alkyl halides is 3. The minimum Gasteiger partial charge on any atom is -0.497 e. The zero-order valence-corrected chi connectivity index (χ0v) is 23.5. The second-order valence-electron chi connectivity index (χ2n) is 8.94. The lowest BCUT2D eigenvalue weighted by Crippen LogP contribution is -2.29. The lowest BCUT2D eigenvalue weighted by atomic mass is 10.1. The van der Waals surface area contributed by atoms with E-state index in [-0.39, 0.29) is 29.8 Å². The number of methoxy groups -OCH3 is 1. The SMILES string of the molecule is COc1ccc(C=CCCCCOc2ccc(C#Cc3cccc(NS(=O)(=O)C(F)(F)F)c3)nc2CCC(=O)O)cc1. The van der Waals surface area contributed by atoms with E-state index in [9.17, 15) is 26.4 Å². The first-order chi connectivity index (χ1) is 20.0. The van der Waals surface area contributed by atoms with Crippen molar-refractivity contribution in [1.29, 1.82) is 0 Å². The van der Waals surface area contributed by atoms with Gasteiger partial charge in [0.2, 0.25) is 0 Å². The molecule has 0 aliphatic carbocycles. The van der Waals surface area contributed by atoms with Gasteiger partial charge < -0.3 is 14.6 Å². The number of aliphatic carboxylic acids is 1. The van der Waals surface area contributed by atoms with Gasteiger partial charge in [-0.15, -0.1) is 0 Å². The Hall–Kier alpha value is -4.50. The minimum absolute atomic E-state index is 0.111. The summed E-state index contributed by atoms with van der Waals surface area (Å²) in [7, 11) is -3.95. The van der Waals surface area contributed by atoms with Gasteiger partial charge in [0.05, 0.1) is 31.5 Å². The number of hydrogen-bond donors (Lipinski definition) is 2. The minimum atomic E-state index is -5.57. The summed E-state index contributed by atoms with van der Waals surface area (Å²) >= 11 is 0. The molecular weight excluding hydrogens is 573 g/mol. The van der Waals surface area contributed by atoms with Crippen LogP contribution in [0.4, 0.5) is 18.9 Å². The Bertz CT molecular complexity index is 1560. The summed E-state index contributed by atoms with van der Waals surface area (Å²) in [5, 5.41) is 9.12. The molecule has 0 saturated carbocycles. The fraction of sp³-hybridized carbons (Fsp3) is 0.267. The van der Waals surface area contributed by atoms with Gasteiger partial charge in [-0.3, -0.25) is 9.52 Å². The third-order valence-electron chi connectivity index (χ3n) is 5.71. The number of benzene rings is 2. The second-order valence-corrected chi connectivity index (χ2v) is 10.6. The van der Waals surface area contributed by atoms with Crippen molar-refractivity contribution in [1.82, 2.24) is 4.98 Å². The maximum atomic E-state index is 12.7. The third-order valence-corrected chi connectivity index (χ3v) is 6.83. The number of rotatable bonds is 13. The summed E-state index contributed by atoms with van der Waals surface area (Å²) in [6.07, 6.45) is 6.55. The number of pyridine rings is 1. The van der Waals surface area contributed by atoms with Crippen LogP contribution in [0.15, 0.2) is 66.7 Å². The largest absolute Gasteiger partial charge is 0.516 e. The van der Waals surface area contributed by atoms with Crippen LogP contribution in [0.5, 0.6) is 11.5 Å². The van der Waals surface area contributed by atoms with Crippen molar-refractivity contribution < 1.29 is 41.0 Å². The predicted molar refractivity (Wildman–Crippen MR) is 153 cm³/mol. The highest BCUT2D eigenvalue weighted by molar-refractivity contribution is 7.93. The van der Waals surface area contributed by atoms with Crippen LogP contribution in [0.1, 0.15) is 48.2 Å². The van der Waals surface area contributed by atoms with E-state index in [0.29, 0.717) is 18.1 Å². The van der Waals surface area contributed by atoms with Crippen LogP contribution in [-0.4, -0.2) is 43.7 Å². The number of hydrogen-bond acceptors (Lipinski definition) is 6. The lowest BCUT2D eigenvalue weighted by molar-refractivity contribution is -0.137. The number of sulfonamides is 1. The number of aryl methyl sites for hydroxylation is 1. The lowest BCUT2D eigenvalue weighted by Gasteiger charge is -2.11. The highest BCUT2D eigenvalue weighted by Gasteiger charge is 2.46. The smallest absolute Gasteiger partial charge is 0.497 e. The van der Waals surface area contributed by atoms with Crippen LogP contribution in [0.25, 0.3) is 6.08 Å². The molecule has 2 N–H and O–H groups in total. The van der Waals surface area contributed by atoms with Crippen LogP contribution in [0.2, 0.25) is 0 Å². The fourth-order valence-corrected chi connectivity index (χ4v) is 4.14. The van der Waals surface area contributed by atoms with Crippen molar-refractivity contribution >= 4 is 27.8 Å². The maximum absolute atomic E-state index is 12.7. The molecule has 1 heterocycles. The number of halogens is 3. The van der Waals surface area contributed by atoms with E-state index in [2.05, 4.69) is 22.9 Å². The van der Waals surface area contributed by atoms with Crippen molar-refractivity contribution in [3.8, 4) is 23.3 Å². The zero-order chi connectivity index (χ0) is 30.6. The van der Waals surface area contributed by atoms with Crippen molar-refractivity contribution in [2.24, 2.45) is 0 Å². The maximum Gasteiger partial charge on any atom is 0.516 e. The van der Waals surface area contributed by atoms with E-state index in [1.807, 2.05) is 30.3 Å². The standard InChI is InChI=1S/C30H29F3N2O6S/c1-40-26-15-11-22(12-16-26)7-4-2-3-5-20-41-28-18-14-24(34-27(28)17-19-29(36)37)13-10-23-8-6-9-25(21-23)35-42(38,39)30(31,32)33/h4,6-9,11-12,14-16,18,21,35H,2-3,5,17,19-20H2,1H3,(H,36,37). The third kappa shape index (κ3) is 10.2. The van der Waals surface area contributed by atoms with Gasteiger partial charge in [0, 0.05) is 12.0 Å². The Morgan fingerprint density at radius 2 is 1.83 bits per heavy atom. The molecule has 0 atom stereocenters. The number of carboxylic acid groups (broad SMARTS) is 1. The number of nitrogens with zero attached hydrogens (tertiary/aromatic N) is 1. The first-order valence-corrected chi connectivity index (χ1v) is 14.3. The molecule has 0 spiro atoms. The number of carbonyl (C=O) groups is 1. The van der Waals surface area contributed by atoms with Crippen LogP contribution in [0, 0.1) is 11.8 Å². The van der Waals surface area contributed by atoms with E-state index >= 15 is 0 Å². The predicted octanol–water partition coefficient (Wildman–Crippen LogP) is 6.03. The molecule has 0 amide bonds. The van der Waals surface area contributed by atoms with Crippen LogP contribution >= 0.6 is 0 Å². The molecule has 0 aliphatic rings. The Morgan fingerprint density at radius 1 is 1.07 bits per heavy atom. The molecule has 0 aliphatic heterocycles. The molecule has 3 rings (SSSR count). The summed E-state index contributed by atoms with van der Waals surface area (Å²) in [6.45, 7) is 0.407. The average molecular weight is 603 g/mol. The van der Waals surface area contributed by atoms with Gasteiger partial charge in [0.25, 0.3) is 0 Å². The number of aromatic nitrogens is 1. The normalized spacial score (nSPS) is 11.5. The van der Waals surface area contributed by atoms with Gasteiger partial charge in [-0.25, -0.2) is 4.98 Å². The van der Waals surface area contributed by atoms with Gasteiger partial charge >= 0.3 is 21.5 Å². The summed E-state index contributed by atoms with van der Waals surface area (Å²) < 4.78 is 73.2. The molecule has 0 radical (unpaired) electrons. The zero-order valence-electron chi connectivity index (χ0n) is 22.6. The van der Waals surface area contributed by atoms with E-state index in [1.165, 1.54) is 22.9 Å². The number of ether oxygens (including phenoxy) is 2. The molecule has 8 nitrogen and oxygen atoms in total. The van der Waals surface area contributed by atoms with Gasteiger partial charge in [-0.1, -0.05) is 36.3 Å². The average Bonchev–Trinajstić information content (AvgIpc) is 2.94. The Balaban J connectivity index is 1.60. The van der Waals surface area contributed by atoms with Crippen molar-refractivity contribution in [3.05, 3.63) is 89.3 Å². The highest BCUT2D eigenvalue weighted by atomic mass is 32.2. The van der Waals surface area contributed by atoms with Crippen molar-refractivity contribution in [2.75, 3.05) is 18.4 Å². The molecule has 3 aromatic rings. The molecule has 1 aromatic heterocycles. The van der Waals surface area contributed by atoms with E-state index in [0.717, 1.165) is 36.6 Å². The first kappa shape index (κ1) is 32.0. The summed E-state index contributed by atoms with van der Waals surface area (Å²) in [5.74, 6) is 5.74. The molecule has 0 saturated heterocycles. The number of carboxylic acids is 1. The molecule has 42 heavy (non-hydrogen) atoms. The highest BCUT2D eigenvalue weighted by Crippen LogP contribution is 2.26. The molecular formula is C30H29F3N2O6S. The first-order valence-electron chi connectivity index (χ1n) is 12.8. The van der Waals surface area contributed by atoms with Crippen LogP contribution < -0.4 is 14.2 Å². The topological polar surface area (TPSA) is 115 Å². The Kier molecular flexibility index (Phi) is 11.4. The summed E-state index contributed by atoms with van der Waals surface area (Å²) in [5.41, 5.74) is -3.74. The number of nitrogens with one attached hydrogen (secondary N) is 1. The van der Waals surface area contributed by atoms with Gasteiger partial charge in [-0.2, -0.15) is 21.6 Å². The molecule has 2 aromatic carbocycles. The summed E-state index contributed by atoms with van der Waals surface area (Å²) in [4.78, 5) is 15.5. The van der Waals surface area contributed by atoms with E-state index < -0.39 is 21.5 Å². The molecule has 0 fully saturated rings. The molecule has 0 bridgehead atoms. The molecule has 0 unspecified atom stereocenters. The van der Waals surface area contributed by atoms with Crippen molar-refractivity contribution in [3.63, 3.8) is 0 Å². The van der Waals surface area contributed by atoms with Gasteiger partial charge in [0.15, 0.2) is 0 Å². The van der Waals surface area contributed by atoms with E-state index in [1.54, 1.807) is 19.2 Å². The molecule has 222 valence electrons. The van der Waals surface area contributed by atoms with Gasteiger partial charge in [0.1, 0.15) is 17.2 Å². The second kappa shape index (κ2) is 14.9. The fourth-order valence-electron chi connectivity index (χ4n) is 3.58. The summed E-state index contributed by atoms with van der Waals surface area (Å²) in [6, 6.07) is 16.1. The Morgan fingerprint density at radius 3 is 2.52 bits per heavy atom. The number of unbranched alkanes of at least 4 members (excludes halogenated alkanes) is 2.